The molecule has 2 aliphatic rings. The lowest BCUT2D eigenvalue weighted by Crippen LogP contribution is -2.34. The second-order valence-electron chi connectivity index (χ2n) is 7.77. The van der Waals surface area contributed by atoms with Crippen LogP contribution < -0.4 is 9.62 Å². The molecular weight excluding hydrogens is 418 g/mol. The van der Waals surface area contributed by atoms with Gasteiger partial charge in [-0.1, -0.05) is 0 Å². The summed E-state index contributed by atoms with van der Waals surface area (Å²) in [6.45, 7) is 4.01. The maximum atomic E-state index is 15.0. The van der Waals surface area contributed by atoms with Crippen molar-refractivity contribution < 1.29 is 17.2 Å². The quantitative estimate of drug-likeness (QED) is 0.768. The number of aromatic nitrogens is 1. The fraction of sp³-hybridized carbons (Fsp3) is 0.526. The first-order valence-electron chi connectivity index (χ1n) is 9.64. The second-order valence-corrected chi connectivity index (χ2v) is 10.3. The highest BCUT2D eigenvalue weighted by molar-refractivity contribution is 7.93. The van der Waals surface area contributed by atoms with Crippen LogP contribution in [0.2, 0.25) is 0 Å². The van der Waals surface area contributed by atoms with Crippen LogP contribution in [-0.2, 0) is 10.0 Å². The lowest BCUT2D eigenvalue weighted by molar-refractivity contribution is 0.239. The minimum absolute atomic E-state index is 0.0635. The Balaban J connectivity index is 1.61. The summed E-state index contributed by atoms with van der Waals surface area (Å²) in [6, 6.07) is 1.65. The molecular formula is C19H24F2N4O2S2. The van der Waals surface area contributed by atoms with Crippen molar-refractivity contribution in [2.75, 3.05) is 36.3 Å². The molecule has 1 aromatic heterocycles. The van der Waals surface area contributed by atoms with Crippen molar-refractivity contribution >= 4 is 32.2 Å². The van der Waals surface area contributed by atoms with Gasteiger partial charge >= 0.3 is 0 Å². The van der Waals surface area contributed by atoms with E-state index in [1.807, 2.05) is 4.90 Å². The van der Waals surface area contributed by atoms with Gasteiger partial charge in [-0.3, -0.25) is 4.72 Å². The number of thiazole rings is 1. The Morgan fingerprint density at radius 2 is 2.07 bits per heavy atom. The van der Waals surface area contributed by atoms with E-state index in [4.69, 9.17) is 0 Å². The van der Waals surface area contributed by atoms with E-state index >= 15 is 4.39 Å². The van der Waals surface area contributed by atoms with Crippen LogP contribution in [0.1, 0.15) is 24.8 Å². The molecule has 1 aromatic carbocycles. The maximum absolute atomic E-state index is 15.0. The summed E-state index contributed by atoms with van der Waals surface area (Å²) >= 11 is 1.04. The van der Waals surface area contributed by atoms with Gasteiger partial charge < -0.3 is 9.80 Å². The average molecular weight is 443 g/mol. The number of sulfonamides is 1. The van der Waals surface area contributed by atoms with E-state index in [-0.39, 0.29) is 10.7 Å². The van der Waals surface area contributed by atoms with Gasteiger partial charge in [0, 0.05) is 42.0 Å². The van der Waals surface area contributed by atoms with Crippen molar-refractivity contribution in [2.24, 2.45) is 5.92 Å². The highest BCUT2D eigenvalue weighted by atomic mass is 32.2. The van der Waals surface area contributed by atoms with E-state index in [1.54, 1.807) is 5.38 Å². The monoisotopic (exact) mass is 442 g/mol. The SMILES string of the molecule is Cc1c(N2CCC(C3CCCN3C)C2)cc(F)c(S(=O)(=O)Nc2nccs2)c1F. The third kappa shape index (κ3) is 3.85. The number of nitrogens with one attached hydrogen (secondary N) is 1. The molecule has 3 heterocycles. The Bertz CT molecular complexity index is 998. The summed E-state index contributed by atoms with van der Waals surface area (Å²) < 4.78 is 57.1. The minimum atomic E-state index is -4.42. The van der Waals surface area contributed by atoms with Crippen LogP contribution in [0.15, 0.2) is 22.5 Å². The van der Waals surface area contributed by atoms with Gasteiger partial charge in [0.15, 0.2) is 15.8 Å². The van der Waals surface area contributed by atoms with Crippen molar-refractivity contribution in [3.8, 4) is 0 Å². The lowest BCUT2D eigenvalue weighted by Gasteiger charge is -2.27. The topological polar surface area (TPSA) is 65.5 Å². The van der Waals surface area contributed by atoms with Crippen LogP contribution in [0.4, 0.5) is 19.6 Å². The minimum Gasteiger partial charge on any atom is -0.371 e. The number of nitrogens with zero attached hydrogens (tertiary/aromatic N) is 3. The fourth-order valence-electron chi connectivity index (χ4n) is 4.55. The number of halogens is 2. The molecule has 2 aliphatic heterocycles. The first-order chi connectivity index (χ1) is 13.8. The molecule has 0 aliphatic carbocycles. The summed E-state index contributed by atoms with van der Waals surface area (Å²) in [6.07, 6.45) is 4.70. The van der Waals surface area contributed by atoms with Crippen LogP contribution in [0.25, 0.3) is 0 Å². The number of rotatable bonds is 5. The van der Waals surface area contributed by atoms with E-state index in [2.05, 4.69) is 21.7 Å². The predicted molar refractivity (Wildman–Crippen MR) is 110 cm³/mol. The molecule has 0 saturated carbocycles. The first kappa shape index (κ1) is 20.5. The van der Waals surface area contributed by atoms with Crippen LogP contribution >= 0.6 is 11.3 Å². The normalized spacial score (nSPS) is 23.1. The van der Waals surface area contributed by atoms with Crippen LogP contribution in [0.5, 0.6) is 0 Å². The molecule has 0 radical (unpaired) electrons. The zero-order valence-corrected chi connectivity index (χ0v) is 18.0. The molecule has 2 unspecified atom stereocenters. The third-order valence-corrected chi connectivity index (χ3v) is 8.19. The van der Waals surface area contributed by atoms with Gasteiger partial charge in [0.25, 0.3) is 10.0 Å². The number of anilines is 2. The molecule has 6 nitrogen and oxygen atoms in total. The van der Waals surface area contributed by atoms with E-state index in [0.29, 0.717) is 24.2 Å². The Labute approximate surface area is 173 Å². The van der Waals surface area contributed by atoms with Gasteiger partial charge in [0.05, 0.1) is 0 Å². The molecule has 2 saturated heterocycles. The largest absolute Gasteiger partial charge is 0.371 e. The molecule has 0 bridgehead atoms. The van der Waals surface area contributed by atoms with Crippen molar-refractivity contribution in [1.82, 2.24) is 9.88 Å². The highest BCUT2D eigenvalue weighted by Gasteiger charge is 2.36. The van der Waals surface area contributed by atoms with Gasteiger partial charge in [0.2, 0.25) is 0 Å². The van der Waals surface area contributed by atoms with Crippen molar-refractivity contribution in [3.05, 3.63) is 34.8 Å². The van der Waals surface area contributed by atoms with Crippen molar-refractivity contribution in [2.45, 2.75) is 37.1 Å². The van der Waals surface area contributed by atoms with E-state index in [0.717, 1.165) is 43.3 Å². The average Bonchev–Trinajstić information content (AvgIpc) is 3.39. The fourth-order valence-corrected chi connectivity index (χ4v) is 6.53. The Hall–Kier alpha value is -1.78. The second kappa shape index (κ2) is 7.81. The number of hydrogen-bond acceptors (Lipinski definition) is 6. The summed E-state index contributed by atoms with van der Waals surface area (Å²) in [5.74, 6) is -1.69. The number of likely N-dealkylation sites (tertiary alicyclic amines) is 1. The van der Waals surface area contributed by atoms with Crippen LogP contribution in [-0.4, -0.2) is 51.0 Å². The molecule has 29 heavy (non-hydrogen) atoms. The molecule has 2 aromatic rings. The molecule has 10 heteroatoms. The summed E-state index contributed by atoms with van der Waals surface area (Å²) in [5, 5.41) is 1.64. The molecule has 1 N–H and O–H groups in total. The Morgan fingerprint density at radius 1 is 1.28 bits per heavy atom. The maximum Gasteiger partial charge on any atom is 0.269 e. The molecule has 158 valence electrons. The van der Waals surface area contributed by atoms with Gasteiger partial charge in [-0.25, -0.2) is 22.2 Å². The van der Waals surface area contributed by atoms with Crippen molar-refractivity contribution in [3.63, 3.8) is 0 Å². The molecule has 0 amide bonds. The summed E-state index contributed by atoms with van der Waals surface area (Å²) in [7, 11) is -2.29. The molecule has 2 atom stereocenters. The Kier molecular flexibility index (Phi) is 5.52. The molecule has 0 spiro atoms. The number of hydrogen-bond donors (Lipinski definition) is 1. The summed E-state index contributed by atoms with van der Waals surface area (Å²) in [5.41, 5.74) is 0.572. The summed E-state index contributed by atoms with van der Waals surface area (Å²) in [4.78, 5) is 7.19. The van der Waals surface area contributed by atoms with Gasteiger partial charge in [0.1, 0.15) is 5.82 Å². The van der Waals surface area contributed by atoms with Crippen molar-refractivity contribution in [1.29, 1.82) is 0 Å². The Morgan fingerprint density at radius 3 is 2.72 bits per heavy atom. The smallest absolute Gasteiger partial charge is 0.269 e. The zero-order valence-electron chi connectivity index (χ0n) is 16.4. The van der Waals surface area contributed by atoms with Crippen LogP contribution in [0.3, 0.4) is 0 Å². The van der Waals surface area contributed by atoms with E-state index in [1.165, 1.54) is 19.5 Å². The highest BCUT2D eigenvalue weighted by Crippen LogP contribution is 2.36. The van der Waals surface area contributed by atoms with E-state index in [9.17, 15) is 12.8 Å². The standard InChI is InChI=1S/C19H24F2N4O2S2/c1-12-16(25-8-5-13(11-25)15-4-3-7-24(15)2)10-14(20)18(17(12)21)29(26,27)23-19-22-6-9-28-19/h6,9-10,13,15H,3-5,7-8,11H2,1-2H3,(H,22,23). The van der Waals surface area contributed by atoms with Gasteiger partial charge in [-0.15, -0.1) is 11.3 Å². The molecule has 4 rings (SSSR count). The van der Waals surface area contributed by atoms with E-state index < -0.39 is 26.6 Å². The first-order valence-corrected chi connectivity index (χ1v) is 12.0. The third-order valence-electron chi connectivity index (χ3n) is 6.00. The van der Waals surface area contributed by atoms with Gasteiger partial charge in [-0.05, 0) is 51.8 Å². The van der Waals surface area contributed by atoms with Crippen LogP contribution in [0, 0.1) is 24.5 Å². The lowest BCUT2D eigenvalue weighted by atomic mass is 9.97. The molecule has 2 fully saturated rings. The van der Waals surface area contributed by atoms with Gasteiger partial charge in [-0.2, -0.15) is 0 Å². The zero-order chi connectivity index (χ0) is 20.8. The number of benzene rings is 1. The predicted octanol–water partition coefficient (Wildman–Crippen LogP) is 3.45.